The number of benzene rings is 1. The van der Waals surface area contributed by atoms with E-state index < -0.39 is 48.4 Å². The fourth-order valence-electron chi connectivity index (χ4n) is 5.19. The zero-order valence-electron chi connectivity index (χ0n) is 20.6. The first kappa shape index (κ1) is 26.8. The highest BCUT2D eigenvalue weighted by atomic mass is 16.6. The van der Waals surface area contributed by atoms with E-state index in [1.165, 1.54) is 9.80 Å². The molecule has 2 aliphatic heterocycles. The molecule has 0 radical (unpaired) electrons. The van der Waals surface area contributed by atoms with Crippen LogP contribution in [0.3, 0.4) is 0 Å². The van der Waals surface area contributed by atoms with Gasteiger partial charge >= 0.3 is 25.3 Å². The lowest BCUT2D eigenvalue weighted by molar-refractivity contribution is -0.152. The zero-order chi connectivity index (χ0) is 25.8. The van der Waals surface area contributed by atoms with E-state index in [1.807, 2.05) is 18.2 Å². The van der Waals surface area contributed by atoms with Gasteiger partial charge < -0.3 is 29.5 Å². The molecule has 10 nitrogen and oxygen atoms in total. The maximum atomic E-state index is 13.2. The number of nitrogens with zero attached hydrogens (tertiary/aromatic N) is 2. The third kappa shape index (κ3) is 6.08. The van der Waals surface area contributed by atoms with Crippen LogP contribution < -0.4 is 0 Å². The molecule has 0 aliphatic carbocycles. The van der Waals surface area contributed by atoms with Crippen LogP contribution in [-0.4, -0.2) is 80.5 Å². The number of likely N-dealkylation sites (tertiary alicyclic amines) is 2. The first-order chi connectivity index (χ1) is 16.5. The minimum atomic E-state index is -1.57. The summed E-state index contributed by atoms with van der Waals surface area (Å²) in [7, 11) is -1.48. The van der Waals surface area contributed by atoms with Gasteiger partial charge in [0, 0.05) is 19.0 Å². The van der Waals surface area contributed by atoms with E-state index in [2.05, 4.69) is 0 Å². The highest BCUT2D eigenvalue weighted by Gasteiger charge is 2.64. The van der Waals surface area contributed by atoms with Gasteiger partial charge in [-0.05, 0) is 45.5 Å². The monoisotopic (exact) mass is 490 g/mol. The van der Waals surface area contributed by atoms with Crippen LogP contribution >= 0.6 is 0 Å². The Hall–Kier alpha value is -2.79. The molecule has 0 spiro atoms. The van der Waals surface area contributed by atoms with Gasteiger partial charge in [0.05, 0.1) is 6.04 Å². The summed E-state index contributed by atoms with van der Waals surface area (Å²) in [5.74, 6) is -1.66. The van der Waals surface area contributed by atoms with Crippen LogP contribution in [0.1, 0.15) is 52.0 Å². The van der Waals surface area contributed by atoms with Crippen LogP contribution in [0.4, 0.5) is 9.59 Å². The highest BCUT2D eigenvalue weighted by molar-refractivity contribution is 6.40. The molecule has 3 rings (SSSR count). The Kier molecular flexibility index (Phi) is 8.32. The molecule has 3 N–H and O–H groups in total. The standard InChI is InChI=1S/C24H35BN2O8/c1-23(2,3)35-21(30)26-14-11-18-19(26)15-27(22(31)34-16-17-9-5-4-6-10-17)24(18,20(28)29)12-7-8-13-25(32)33/h4-6,9-10,18-19,32-33H,7-8,11-16H2,1-3H3,(H,28,29)/t18-,19-,24+/m0/s1. The topological polar surface area (TPSA) is 137 Å². The third-order valence-electron chi connectivity index (χ3n) is 6.70. The van der Waals surface area contributed by atoms with Crippen molar-refractivity contribution in [2.45, 2.75) is 76.6 Å². The average molecular weight is 490 g/mol. The zero-order valence-corrected chi connectivity index (χ0v) is 20.6. The van der Waals surface area contributed by atoms with Crippen LogP contribution in [-0.2, 0) is 20.9 Å². The van der Waals surface area contributed by atoms with Crippen molar-refractivity contribution in [2.75, 3.05) is 13.1 Å². The van der Waals surface area contributed by atoms with Gasteiger partial charge in [0.1, 0.15) is 17.7 Å². The first-order valence-electron chi connectivity index (χ1n) is 12.0. The van der Waals surface area contributed by atoms with E-state index in [-0.39, 0.29) is 25.9 Å². The summed E-state index contributed by atoms with van der Waals surface area (Å²) in [5.41, 5.74) is -1.51. The predicted octanol–water partition coefficient (Wildman–Crippen LogP) is 2.73. The van der Waals surface area contributed by atoms with Crippen LogP contribution in [0, 0.1) is 5.92 Å². The molecule has 2 fully saturated rings. The molecule has 1 aromatic rings. The number of carbonyl (C=O) groups is 3. The number of carboxylic acids is 1. The minimum Gasteiger partial charge on any atom is -0.479 e. The van der Waals surface area contributed by atoms with Crippen molar-refractivity contribution in [3.8, 4) is 0 Å². The molecular formula is C24H35BN2O8. The number of amides is 2. The lowest BCUT2D eigenvalue weighted by Crippen LogP contribution is -2.56. The van der Waals surface area contributed by atoms with Crippen molar-refractivity contribution in [1.29, 1.82) is 0 Å². The van der Waals surface area contributed by atoms with E-state index >= 15 is 0 Å². The number of rotatable bonds is 8. The molecule has 0 saturated carbocycles. The summed E-state index contributed by atoms with van der Waals surface area (Å²) in [5, 5.41) is 28.8. The molecule has 2 aliphatic rings. The molecular weight excluding hydrogens is 455 g/mol. The molecule has 1 aromatic carbocycles. The highest BCUT2D eigenvalue weighted by Crippen LogP contribution is 2.47. The van der Waals surface area contributed by atoms with E-state index in [4.69, 9.17) is 9.47 Å². The fourth-order valence-corrected chi connectivity index (χ4v) is 5.19. The number of hydrogen-bond acceptors (Lipinski definition) is 7. The summed E-state index contributed by atoms with van der Waals surface area (Å²) in [4.78, 5) is 41.7. The number of hydrogen-bond donors (Lipinski definition) is 3. The Morgan fingerprint density at radius 3 is 2.40 bits per heavy atom. The molecule has 0 unspecified atom stereocenters. The molecule has 2 saturated heterocycles. The van der Waals surface area contributed by atoms with Gasteiger partial charge in [0.15, 0.2) is 0 Å². The molecule has 2 amide bonds. The van der Waals surface area contributed by atoms with Crippen LogP contribution in [0.25, 0.3) is 0 Å². The summed E-state index contributed by atoms with van der Waals surface area (Å²) in [6.07, 6.45) is 0.0745. The SMILES string of the molecule is CC(C)(C)OC(=O)N1CC[C@H]2[C@@H]1CN(C(=O)OCc1ccccc1)[C@@]2(CCCCB(O)O)C(=O)O. The molecule has 11 heteroatoms. The molecule has 3 atom stereocenters. The smallest absolute Gasteiger partial charge is 0.451 e. The quantitative estimate of drug-likeness (QED) is 0.374. The summed E-state index contributed by atoms with van der Waals surface area (Å²) >= 11 is 0. The Bertz CT molecular complexity index is 907. The third-order valence-corrected chi connectivity index (χ3v) is 6.70. The molecule has 2 heterocycles. The van der Waals surface area contributed by atoms with Gasteiger partial charge in [-0.3, -0.25) is 4.90 Å². The Balaban J connectivity index is 1.85. The average Bonchev–Trinajstić information content (AvgIpc) is 3.33. The Morgan fingerprint density at radius 2 is 1.80 bits per heavy atom. The number of carbonyl (C=O) groups excluding carboxylic acids is 2. The number of fused-ring (bicyclic) bond motifs is 1. The van der Waals surface area contributed by atoms with Crippen molar-refractivity contribution in [3.05, 3.63) is 35.9 Å². The van der Waals surface area contributed by atoms with E-state index in [0.717, 1.165) is 5.56 Å². The second-order valence-corrected chi connectivity index (χ2v) is 10.2. The molecule has 0 bridgehead atoms. The van der Waals surface area contributed by atoms with Gasteiger partial charge in [-0.15, -0.1) is 0 Å². The maximum absolute atomic E-state index is 13.2. The Labute approximate surface area is 205 Å². The van der Waals surface area contributed by atoms with Gasteiger partial charge in [0.2, 0.25) is 0 Å². The summed E-state index contributed by atoms with van der Waals surface area (Å²) in [6, 6.07) is 8.57. The van der Waals surface area contributed by atoms with Crippen LogP contribution in [0.15, 0.2) is 30.3 Å². The second kappa shape index (κ2) is 10.9. The number of carboxylic acid groups (broad SMARTS) is 1. The van der Waals surface area contributed by atoms with Gasteiger partial charge in [-0.25, -0.2) is 14.4 Å². The van der Waals surface area contributed by atoms with E-state index in [9.17, 15) is 29.5 Å². The number of aliphatic carboxylic acids is 1. The van der Waals surface area contributed by atoms with Crippen LogP contribution in [0.5, 0.6) is 0 Å². The Morgan fingerprint density at radius 1 is 1.11 bits per heavy atom. The molecule has 0 aromatic heterocycles. The minimum absolute atomic E-state index is 0.00626. The summed E-state index contributed by atoms with van der Waals surface area (Å²) < 4.78 is 11.0. The van der Waals surface area contributed by atoms with Crippen molar-refractivity contribution < 1.29 is 39.0 Å². The van der Waals surface area contributed by atoms with Gasteiger partial charge in [-0.1, -0.05) is 43.2 Å². The molecule has 35 heavy (non-hydrogen) atoms. The second-order valence-electron chi connectivity index (χ2n) is 10.2. The lowest BCUT2D eigenvalue weighted by Gasteiger charge is -2.37. The van der Waals surface area contributed by atoms with Crippen molar-refractivity contribution in [3.63, 3.8) is 0 Å². The molecule has 192 valence electrons. The van der Waals surface area contributed by atoms with E-state index in [1.54, 1.807) is 32.9 Å². The largest absolute Gasteiger partial charge is 0.479 e. The van der Waals surface area contributed by atoms with Crippen molar-refractivity contribution >= 4 is 25.3 Å². The fraction of sp³-hybridized carbons (Fsp3) is 0.625. The van der Waals surface area contributed by atoms with E-state index in [0.29, 0.717) is 25.8 Å². The van der Waals surface area contributed by atoms with Crippen molar-refractivity contribution in [1.82, 2.24) is 9.80 Å². The lowest BCUT2D eigenvalue weighted by atomic mass is 9.76. The summed E-state index contributed by atoms with van der Waals surface area (Å²) in [6.45, 7) is 5.63. The first-order valence-corrected chi connectivity index (χ1v) is 12.0. The maximum Gasteiger partial charge on any atom is 0.451 e. The predicted molar refractivity (Wildman–Crippen MR) is 127 cm³/mol. The number of unbranched alkanes of at least 4 members (excludes halogenated alkanes) is 1. The van der Waals surface area contributed by atoms with Gasteiger partial charge in [0.25, 0.3) is 0 Å². The van der Waals surface area contributed by atoms with Gasteiger partial charge in [-0.2, -0.15) is 0 Å². The number of ether oxygens (including phenoxy) is 2. The van der Waals surface area contributed by atoms with Crippen LogP contribution in [0.2, 0.25) is 6.32 Å². The normalized spacial score (nSPS) is 23.7. The van der Waals surface area contributed by atoms with Crippen molar-refractivity contribution in [2.24, 2.45) is 5.92 Å².